The summed E-state index contributed by atoms with van der Waals surface area (Å²) >= 11 is 0. The highest BCUT2D eigenvalue weighted by Crippen LogP contribution is 2.52. The molecule has 3 heterocycles. The molecule has 352 valence electrons. The van der Waals surface area contributed by atoms with Gasteiger partial charge in [-0.2, -0.15) is 8.78 Å². The van der Waals surface area contributed by atoms with Gasteiger partial charge in [0.25, 0.3) is 5.92 Å². The minimum atomic E-state index is -3.62. The van der Waals surface area contributed by atoms with Crippen molar-refractivity contribution in [2.75, 3.05) is 16.5 Å². The summed E-state index contributed by atoms with van der Waals surface area (Å²) in [5.41, 5.74) is 6.54. The highest BCUT2D eigenvalue weighted by Gasteiger charge is 2.38. The van der Waals surface area contributed by atoms with Crippen molar-refractivity contribution in [2.45, 2.75) is 71.6 Å². The van der Waals surface area contributed by atoms with E-state index in [1.54, 1.807) is 53.6 Å². The molecule has 0 radical (unpaired) electrons. The molecule has 10 aromatic rings. The predicted molar refractivity (Wildman–Crippen MR) is 293 cm³/mol. The molecule has 0 amide bonds. The molecule has 2 aromatic heterocycles. The van der Waals surface area contributed by atoms with Crippen molar-refractivity contribution in [3.8, 4) is 39.2 Å². The third-order valence-electron chi connectivity index (χ3n) is 13.7. The Kier molecular flexibility index (Phi) is 8.87. The van der Waals surface area contributed by atoms with Crippen molar-refractivity contribution in [3.63, 3.8) is 0 Å². The van der Waals surface area contributed by atoms with E-state index in [1.165, 1.54) is 12.1 Å². The first-order chi connectivity index (χ1) is 38.4. The summed E-state index contributed by atoms with van der Waals surface area (Å²) < 4.78 is 128. The lowest BCUT2D eigenvalue weighted by atomic mass is 9.83. The zero-order chi connectivity index (χ0) is 57.9. The third-order valence-corrected chi connectivity index (χ3v) is 13.7. The van der Waals surface area contributed by atoms with Crippen LogP contribution in [0.5, 0.6) is 0 Å². The van der Waals surface area contributed by atoms with Crippen LogP contribution in [0.4, 0.5) is 31.5 Å². The van der Waals surface area contributed by atoms with E-state index in [2.05, 4.69) is 48.5 Å². The second kappa shape index (κ2) is 17.8. The number of aromatic nitrogens is 2. The van der Waals surface area contributed by atoms with Crippen LogP contribution < -0.4 is 9.80 Å². The van der Waals surface area contributed by atoms with Gasteiger partial charge in [0.15, 0.2) is 0 Å². The average Bonchev–Trinajstić information content (AvgIpc) is 4.14. The predicted octanol–water partition coefficient (Wildman–Crippen LogP) is 18.1. The molecule has 0 spiro atoms. The fraction of sp³-hybridized carbons (Fsp3) is 0.185. The minimum Gasteiger partial charge on any atom is -0.321 e. The topological polar surface area (TPSA) is 24.3 Å². The van der Waals surface area contributed by atoms with Gasteiger partial charge in [0.2, 0.25) is 0 Å². The Hall–Kier alpha value is -7.83. The summed E-state index contributed by atoms with van der Waals surface area (Å²) in [6, 6.07) is 34.1. The lowest BCUT2D eigenvalue weighted by Gasteiger charge is -2.28. The van der Waals surface area contributed by atoms with Crippen molar-refractivity contribution >= 4 is 44.6 Å². The van der Waals surface area contributed by atoms with Crippen molar-refractivity contribution < 1.29 is 22.5 Å². The summed E-state index contributed by atoms with van der Waals surface area (Å²) in [5.74, 6) is -3.01. The van der Waals surface area contributed by atoms with E-state index in [-0.39, 0.29) is 63.0 Å². The zero-order valence-electron chi connectivity index (χ0n) is 50.7. The van der Waals surface area contributed by atoms with E-state index in [9.17, 15) is 5.48 Å². The molecule has 0 aliphatic carbocycles. The summed E-state index contributed by atoms with van der Waals surface area (Å²) in [4.78, 5) is 8.48. The number of alkyl halides is 2. The molecule has 11 rings (SSSR count). The van der Waals surface area contributed by atoms with Gasteiger partial charge in [0, 0.05) is 44.9 Å². The highest BCUT2D eigenvalue weighted by atomic mass is 19.3. The maximum atomic E-state index is 18.6. The fourth-order valence-corrected chi connectivity index (χ4v) is 10.2. The first kappa shape index (κ1) is 35.3. The second-order valence-corrected chi connectivity index (χ2v) is 19.9. The molecule has 71 heavy (non-hydrogen) atoms. The first-order valence-corrected chi connectivity index (χ1v) is 24.0. The Morgan fingerprint density at radius 3 is 1.76 bits per heavy atom. The molecule has 1 aliphatic rings. The van der Waals surface area contributed by atoms with Crippen LogP contribution in [0.25, 0.3) is 61.0 Å². The van der Waals surface area contributed by atoms with E-state index in [4.69, 9.17) is 13.2 Å². The van der Waals surface area contributed by atoms with Crippen molar-refractivity contribution in [2.24, 2.45) is 0 Å². The van der Waals surface area contributed by atoms with Crippen LogP contribution in [0.3, 0.4) is 0 Å². The average molecular weight is 943 g/mol. The van der Waals surface area contributed by atoms with Gasteiger partial charge in [-0.05, 0) is 111 Å². The maximum Gasteiger partial charge on any atom is 0.298 e. The molecule has 0 saturated heterocycles. The van der Waals surface area contributed by atoms with E-state index >= 15 is 8.78 Å². The SMILES string of the molecule is [2H]c1c([2H])c([2H])c(-c2cccc(-c3c([2H])c([2H])c([2H])c([2H])c3[2H])c2N2CN(c3cc(-c4c(C(C)C)cccc4C(C)C)cc(C(F)(F)c4ccc5c6ccccc6n(-c6cc(C(C)(C)C)ccn6)c5c4)c3)c3ccccc32)c([2H])c1[2H]. The number of rotatable bonds is 10. The highest BCUT2D eigenvalue weighted by molar-refractivity contribution is 6.09. The molecule has 0 saturated carbocycles. The molecule has 0 fully saturated rings. The molecule has 4 nitrogen and oxygen atoms in total. The van der Waals surface area contributed by atoms with E-state index < -0.39 is 66.3 Å². The van der Waals surface area contributed by atoms with Crippen molar-refractivity contribution in [3.05, 3.63) is 228 Å². The molecule has 8 aromatic carbocycles. The number of pyridine rings is 1. The van der Waals surface area contributed by atoms with E-state index in [0.717, 1.165) is 38.5 Å². The standard InChI is InChI=1S/C65H58F2N4/c1-42(2)51-25-18-26-52(43(3)4)62(51)46-36-49(65(66,67)48-32-33-56-55-24-14-15-29-57(55)71(60(56)39-48)61-40-47(34-35-68-61)64(5,6)7)38-50(37-46)69-41-70(59-31-17-16-30-58(59)69)63-53(44-20-10-8-11-21-44)27-19-28-54(63)45-22-12-9-13-23-45/h8-40,42-43H,41H2,1-7H3/i8D,9D,10D,11D,12D,13D,20D,21D,22D,23D. The number of hydrogen-bond acceptors (Lipinski definition) is 3. The number of para-hydroxylation sites is 4. The number of halogens is 2. The molecular weight excluding hydrogens is 875 g/mol. The molecule has 1 aliphatic heterocycles. The Morgan fingerprint density at radius 1 is 0.535 bits per heavy atom. The molecule has 0 N–H and O–H groups in total. The second-order valence-electron chi connectivity index (χ2n) is 19.9. The molecular formula is C65H58F2N4. The normalized spacial score (nSPS) is 15.0. The van der Waals surface area contributed by atoms with Crippen LogP contribution in [0.15, 0.2) is 200 Å². The number of nitrogens with zero attached hydrogens (tertiary/aromatic N) is 4. The smallest absolute Gasteiger partial charge is 0.298 e. The lowest BCUT2D eigenvalue weighted by molar-refractivity contribution is 0.0430. The zero-order valence-corrected chi connectivity index (χ0v) is 40.7. The summed E-state index contributed by atoms with van der Waals surface area (Å²) in [6.07, 6.45) is 1.75. The van der Waals surface area contributed by atoms with Gasteiger partial charge in [-0.25, -0.2) is 4.98 Å². The number of anilines is 4. The van der Waals surface area contributed by atoms with Gasteiger partial charge in [0.1, 0.15) is 12.5 Å². The Balaban J connectivity index is 1.17. The third kappa shape index (κ3) is 8.05. The fourth-order valence-electron chi connectivity index (χ4n) is 10.2. The molecule has 6 heteroatoms. The van der Waals surface area contributed by atoms with E-state index in [0.29, 0.717) is 34.0 Å². The summed E-state index contributed by atoms with van der Waals surface area (Å²) in [7, 11) is 0. The van der Waals surface area contributed by atoms with Gasteiger partial charge in [-0.15, -0.1) is 0 Å². The quantitative estimate of drug-likeness (QED) is 0.137. The monoisotopic (exact) mass is 943 g/mol. The van der Waals surface area contributed by atoms with Crippen LogP contribution in [0.1, 0.15) is 102 Å². The Bertz CT molecular complexity index is 4050. The first-order valence-electron chi connectivity index (χ1n) is 29.0. The van der Waals surface area contributed by atoms with Gasteiger partial charge in [-0.1, -0.05) is 188 Å². The molecule has 0 atom stereocenters. The van der Waals surface area contributed by atoms with Crippen LogP contribution in [0, 0.1) is 0 Å². The van der Waals surface area contributed by atoms with Gasteiger partial charge in [0.05, 0.1) is 41.8 Å². The largest absolute Gasteiger partial charge is 0.321 e. The number of hydrogen-bond donors (Lipinski definition) is 0. The van der Waals surface area contributed by atoms with Crippen LogP contribution >= 0.6 is 0 Å². The number of benzene rings is 8. The maximum absolute atomic E-state index is 18.6. The van der Waals surface area contributed by atoms with Crippen molar-refractivity contribution in [1.29, 1.82) is 0 Å². The van der Waals surface area contributed by atoms with Crippen LogP contribution in [-0.2, 0) is 11.3 Å². The van der Waals surface area contributed by atoms with Gasteiger partial charge < -0.3 is 9.80 Å². The van der Waals surface area contributed by atoms with Crippen LogP contribution in [0.2, 0.25) is 0 Å². The van der Waals surface area contributed by atoms with Crippen LogP contribution in [-0.4, -0.2) is 16.2 Å². The molecule has 0 unspecified atom stereocenters. The van der Waals surface area contributed by atoms with Gasteiger partial charge in [-0.3, -0.25) is 4.57 Å². The summed E-state index contributed by atoms with van der Waals surface area (Å²) in [5, 5.41) is 1.68. The Morgan fingerprint density at radius 2 is 1.13 bits per heavy atom. The lowest BCUT2D eigenvalue weighted by Crippen LogP contribution is -2.25. The molecule has 0 bridgehead atoms. The minimum absolute atomic E-state index is 0.00171. The van der Waals surface area contributed by atoms with Gasteiger partial charge >= 0.3 is 0 Å². The summed E-state index contributed by atoms with van der Waals surface area (Å²) in [6.45, 7) is 14.6. The van der Waals surface area contributed by atoms with E-state index in [1.807, 2.05) is 88.3 Å². The number of fused-ring (bicyclic) bond motifs is 4. The Labute approximate surface area is 430 Å². The van der Waals surface area contributed by atoms with Crippen molar-refractivity contribution in [1.82, 2.24) is 9.55 Å².